The van der Waals surface area contributed by atoms with Gasteiger partial charge in [0.25, 0.3) is 10.0 Å². The van der Waals surface area contributed by atoms with Crippen LogP contribution in [0.3, 0.4) is 0 Å². The van der Waals surface area contributed by atoms with E-state index >= 15 is 0 Å². The molecule has 7 nitrogen and oxygen atoms in total. The van der Waals surface area contributed by atoms with E-state index in [1.165, 1.54) is 37.8 Å². The first kappa shape index (κ1) is 23.3. The van der Waals surface area contributed by atoms with E-state index in [2.05, 4.69) is 0 Å². The van der Waals surface area contributed by atoms with E-state index < -0.39 is 16.1 Å². The third kappa shape index (κ3) is 4.60. The van der Waals surface area contributed by atoms with Crippen LogP contribution in [0.2, 0.25) is 0 Å². The number of anilines is 1. The summed E-state index contributed by atoms with van der Waals surface area (Å²) in [4.78, 5) is 0.142. The minimum Gasteiger partial charge on any atom is -0.497 e. The predicted octanol–water partition coefficient (Wildman–Crippen LogP) is 4.68. The molecule has 0 amide bonds. The fourth-order valence-electron chi connectivity index (χ4n) is 3.43. The molecule has 0 saturated carbocycles. The van der Waals surface area contributed by atoms with Crippen molar-refractivity contribution in [2.45, 2.75) is 17.9 Å². The van der Waals surface area contributed by atoms with Crippen LogP contribution in [0.1, 0.15) is 18.5 Å². The standard InChI is InChI=1S/C24H27NO6S/c1-17(18-7-6-8-21(15-18)29-3)25(19-9-14-23(30-4)24(16-19)31-5)32(26,27)22-12-10-20(28-2)11-13-22/h6-17H,1-5H3/t17-/m0/s1. The van der Waals surface area contributed by atoms with Gasteiger partial charge in [-0.3, -0.25) is 4.31 Å². The highest BCUT2D eigenvalue weighted by Gasteiger charge is 2.31. The predicted molar refractivity (Wildman–Crippen MR) is 124 cm³/mol. The smallest absolute Gasteiger partial charge is 0.264 e. The maximum absolute atomic E-state index is 13.8. The minimum atomic E-state index is -3.95. The van der Waals surface area contributed by atoms with Crippen molar-refractivity contribution < 1.29 is 27.4 Å². The Hall–Kier alpha value is -3.39. The first-order valence-electron chi connectivity index (χ1n) is 9.90. The van der Waals surface area contributed by atoms with E-state index in [0.29, 0.717) is 28.7 Å². The van der Waals surface area contributed by atoms with Crippen LogP contribution >= 0.6 is 0 Å². The Morgan fingerprint density at radius 3 is 1.97 bits per heavy atom. The van der Waals surface area contributed by atoms with Crippen LogP contribution in [0.15, 0.2) is 71.6 Å². The van der Waals surface area contributed by atoms with Crippen molar-refractivity contribution in [3.63, 3.8) is 0 Å². The molecule has 3 aromatic carbocycles. The first-order valence-corrected chi connectivity index (χ1v) is 11.3. The molecule has 0 aromatic heterocycles. The monoisotopic (exact) mass is 457 g/mol. The molecule has 0 saturated heterocycles. The highest BCUT2D eigenvalue weighted by molar-refractivity contribution is 7.92. The van der Waals surface area contributed by atoms with Gasteiger partial charge in [0, 0.05) is 6.07 Å². The number of ether oxygens (including phenoxy) is 4. The van der Waals surface area contributed by atoms with Crippen molar-refractivity contribution >= 4 is 15.7 Å². The Balaban J connectivity index is 2.18. The molecule has 0 fully saturated rings. The summed E-state index contributed by atoms with van der Waals surface area (Å²) in [5.41, 5.74) is 1.21. The molecule has 0 spiro atoms. The summed E-state index contributed by atoms with van der Waals surface area (Å²) in [7, 11) is 2.19. The molecule has 0 aliphatic heterocycles. The van der Waals surface area contributed by atoms with Crippen LogP contribution in [0.5, 0.6) is 23.0 Å². The van der Waals surface area contributed by atoms with Crippen molar-refractivity contribution in [2.24, 2.45) is 0 Å². The van der Waals surface area contributed by atoms with Crippen molar-refractivity contribution in [3.8, 4) is 23.0 Å². The fraction of sp³-hybridized carbons (Fsp3) is 0.250. The maximum atomic E-state index is 13.8. The SMILES string of the molecule is COc1ccc(S(=O)(=O)N(c2ccc(OC)c(OC)c2)[C@@H](C)c2cccc(OC)c2)cc1. The van der Waals surface area contributed by atoms with Gasteiger partial charge in [-0.25, -0.2) is 8.42 Å². The molecule has 0 N–H and O–H groups in total. The zero-order chi connectivity index (χ0) is 23.3. The molecule has 0 radical (unpaired) electrons. The van der Waals surface area contributed by atoms with Crippen LogP contribution in [-0.4, -0.2) is 36.9 Å². The van der Waals surface area contributed by atoms with E-state index in [9.17, 15) is 8.42 Å². The second-order valence-corrected chi connectivity index (χ2v) is 8.78. The highest BCUT2D eigenvalue weighted by Crippen LogP contribution is 2.39. The fourth-order valence-corrected chi connectivity index (χ4v) is 5.07. The van der Waals surface area contributed by atoms with E-state index in [4.69, 9.17) is 18.9 Å². The summed E-state index contributed by atoms with van der Waals surface area (Å²) < 4.78 is 50.3. The van der Waals surface area contributed by atoms with Gasteiger partial charge in [-0.1, -0.05) is 12.1 Å². The minimum absolute atomic E-state index is 0.142. The second kappa shape index (κ2) is 9.82. The Bertz CT molecular complexity index is 1160. The van der Waals surface area contributed by atoms with E-state index in [-0.39, 0.29) is 4.90 Å². The maximum Gasteiger partial charge on any atom is 0.264 e. The normalized spacial score (nSPS) is 12.0. The van der Waals surface area contributed by atoms with Crippen LogP contribution < -0.4 is 23.3 Å². The first-order chi connectivity index (χ1) is 15.3. The lowest BCUT2D eigenvalue weighted by Gasteiger charge is -2.31. The molecule has 0 aliphatic carbocycles. The lowest BCUT2D eigenvalue weighted by Crippen LogP contribution is -2.33. The Labute approximate surface area is 189 Å². The largest absolute Gasteiger partial charge is 0.497 e. The van der Waals surface area contributed by atoms with Gasteiger partial charge < -0.3 is 18.9 Å². The van der Waals surface area contributed by atoms with Gasteiger partial charge in [0.05, 0.1) is 45.1 Å². The van der Waals surface area contributed by atoms with Crippen LogP contribution in [0.25, 0.3) is 0 Å². The van der Waals surface area contributed by atoms with Crippen molar-refractivity contribution in [3.05, 3.63) is 72.3 Å². The number of nitrogens with zero attached hydrogens (tertiary/aromatic N) is 1. The van der Waals surface area contributed by atoms with Crippen LogP contribution in [-0.2, 0) is 10.0 Å². The topological polar surface area (TPSA) is 74.3 Å². The zero-order valence-electron chi connectivity index (χ0n) is 18.7. The number of hydrogen-bond acceptors (Lipinski definition) is 6. The molecule has 0 bridgehead atoms. The summed E-state index contributed by atoms with van der Waals surface area (Å²) in [5.74, 6) is 2.15. The molecule has 32 heavy (non-hydrogen) atoms. The summed E-state index contributed by atoms with van der Waals surface area (Å²) in [6, 6.07) is 18.1. The number of sulfonamides is 1. The molecular weight excluding hydrogens is 430 g/mol. The number of methoxy groups -OCH3 is 4. The third-order valence-electron chi connectivity index (χ3n) is 5.17. The lowest BCUT2D eigenvalue weighted by molar-refractivity contribution is 0.355. The number of rotatable bonds is 9. The average Bonchev–Trinajstić information content (AvgIpc) is 2.83. The molecule has 3 aromatic rings. The van der Waals surface area contributed by atoms with Crippen molar-refractivity contribution in [2.75, 3.05) is 32.7 Å². The summed E-state index contributed by atoms with van der Waals surface area (Å²) in [6.07, 6.45) is 0. The summed E-state index contributed by atoms with van der Waals surface area (Å²) in [5, 5.41) is 0. The Morgan fingerprint density at radius 1 is 0.719 bits per heavy atom. The lowest BCUT2D eigenvalue weighted by atomic mass is 10.1. The van der Waals surface area contributed by atoms with Gasteiger partial charge in [-0.05, 0) is 61.0 Å². The molecule has 3 rings (SSSR count). The molecule has 0 aliphatic rings. The second-order valence-electron chi connectivity index (χ2n) is 6.97. The van der Waals surface area contributed by atoms with Gasteiger partial charge >= 0.3 is 0 Å². The summed E-state index contributed by atoms with van der Waals surface area (Å²) >= 11 is 0. The van der Waals surface area contributed by atoms with E-state index in [1.54, 1.807) is 37.4 Å². The molecular formula is C24H27NO6S. The van der Waals surface area contributed by atoms with Gasteiger partial charge in [-0.15, -0.1) is 0 Å². The van der Waals surface area contributed by atoms with Crippen LogP contribution in [0, 0.1) is 0 Å². The Morgan fingerprint density at radius 2 is 1.38 bits per heavy atom. The summed E-state index contributed by atoms with van der Waals surface area (Å²) in [6.45, 7) is 1.83. The van der Waals surface area contributed by atoms with Crippen molar-refractivity contribution in [1.82, 2.24) is 0 Å². The molecule has 0 unspecified atom stereocenters. The van der Waals surface area contributed by atoms with Crippen molar-refractivity contribution in [1.29, 1.82) is 0 Å². The molecule has 0 heterocycles. The van der Waals surface area contributed by atoms with Crippen LogP contribution in [0.4, 0.5) is 5.69 Å². The Kier molecular flexibility index (Phi) is 7.15. The van der Waals surface area contributed by atoms with E-state index in [1.807, 2.05) is 31.2 Å². The number of hydrogen-bond donors (Lipinski definition) is 0. The molecule has 1 atom stereocenters. The van der Waals surface area contributed by atoms with E-state index in [0.717, 1.165) is 5.56 Å². The van der Waals surface area contributed by atoms with Gasteiger partial charge in [0.2, 0.25) is 0 Å². The molecule has 8 heteroatoms. The average molecular weight is 458 g/mol. The zero-order valence-corrected chi connectivity index (χ0v) is 19.5. The van der Waals surface area contributed by atoms with Gasteiger partial charge in [-0.2, -0.15) is 0 Å². The quantitative estimate of drug-likeness (QED) is 0.465. The third-order valence-corrected chi connectivity index (χ3v) is 7.08. The van der Waals surface area contributed by atoms with Gasteiger partial charge in [0.15, 0.2) is 11.5 Å². The highest BCUT2D eigenvalue weighted by atomic mass is 32.2. The van der Waals surface area contributed by atoms with Gasteiger partial charge in [0.1, 0.15) is 11.5 Å². The number of benzene rings is 3. The molecule has 170 valence electrons.